The first-order valence-corrected chi connectivity index (χ1v) is 3.36. The summed E-state index contributed by atoms with van der Waals surface area (Å²) in [5.74, 6) is 2.02. The highest BCUT2D eigenvalue weighted by Crippen LogP contribution is 1.86. The Balaban J connectivity index is 3.59. The van der Waals surface area contributed by atoms with Crippen LogP contribution < -0.4 is 16.8 Å². The number of nitrogens with one attached hydrogen (secondary N) is 1. The summed E-state index contributed by atoms with van der Waals surface area (Å²) in [4.78, 5) is 10.4. The fourth-order valence-electron chi connectivity index (χ4n) is 0.685. The van der Waals surface area contributed by atoms with Crippen LogP contribution in [0.3, 0.4) is 0 Å². The molecule has 0 radical (unpaired) electrons. The summed E-state index contributed by atoms with van der Waals surface area (Å²) in [5, 5.41) is 2.89. The van der Waals surface area contributed by atoms with Gasteiger partial charge >= 0.3 is 0 Å². The second-order valence-corrected chi connectivity index (χ2v) is 2.19. The summed E-state index contributed by atoms with van der Waals surface area (Å²) in [6.07, 6.45) is 5.23. The Labute approximate surface area is 66.3 Å². The molecule has 0 aliphatic rings. The quantitative estimate of drug-likeness (QED) is 0.419. The van der Waals surface area contributed by atoms with Crippen molar-refractivity contribution in [1.29, 1.82) is 0 Å². The number of primary amides is 1. The predicted molar refractivity (Wildman–Crippen MR) is 43.5 cm³/mol. The fourth-order valence-corrected chi connectivity index (χ4v) is 0.685. The molecule has 0 spiro atoms. The van der Waals surface area contributed by atoms with E-state index in [1.165, 1.54) is 0 Å². The first-order chi connectivity index (χ1) is 5.20. The van der Waals surface area contributed by atoms with Gasteiger partial charge in [-0.3, -0.25) is 4.79 Å². The molecule has 4 heteroatoms. The second-order valence-electron chi connectivity index (χ2n) is 2.19. The molecule has 11 heavy (non-hydrogen) atoms. The molecule has 1 amide bonds. The largest absolute Gasteiger partial charge is 0.370 e. The van der Waals surface area contributed by atoms with Gasteiger partial charge in [-0.2, -0.15) is 0 Å². The molecule has 5 N–H and O–H groups in total. The Morgan fingerprint density at radius 3 is 2.73 bits per heavy atom. The van der Waals surface area contributed by atoms with Gasteiger partial charge in [0, 0.05) is 19.0 Å². The van der Waals surface area contributed by atoms with E-state index in [2.05, 4.69) is 11.2 Å². The molecule has 0 heterocycles. The molecule has 0 aromatic carbocycles. The van der Waals surface area contributed by atoms with Crippen LogP contribution in [0.1, 0.15) is 6.42 Å². The predicted octanol–water partition coefficient (Wildman–Crippen LogP) is -1.59. The molecule has 0 fully saturated rings. The van der Waals surface area contributed by atoms with Crippen molar-refractivity contribution in [3.8, 4) is 12.3 Å². The van der Waals surface area contributed by atoms with Crippen LogP contribution in [0.5, 0.6) is 0 Å². The third kappa shape index (κ3) is 5.40. The molecule has 1 atom stereocenters. The molecule has 0 rings (SSSR count). The zero-order valence-electron chi connectivity index (χ0n) is 6.34. The second kappa shape index (κ2) is 5.71. The van der Waals surface area contributed by atoms with Crippen LogP contribution in [-0.4, -0.2) is 25.0 Å². The average Bonchev–Trinajstić information content (AvgIpc) is 1.97. The van der Waals surface area contributed by atoms with E-state index >= 15 is 0 Å². The van der Waals surface area contributed by atoms with E-state index in [0.717, 1.165) is 0 Å². The minimum Gasteiger partial charge on any atom is -0.370 e. The van der Waals surface area contributed by atoms with Gasteiger partial charge in [-0.1, -0.05) is 5.92 Å². The smallest absolute Gasteiger partial charge is 0.219 e. The fraction of sp³-hybridized carbons (Fsp3) is 0.571. The molecule has 0 bridgehead atoms. The van der Waals surface area contributed by atoms with Gasteiger partial charge in [0.15, 0.2) is 0 Å². The van der Waals surface area contributed by atoms with E-state index in [1.807, 2.05) is 0 Å². The average molecular weight is 155 g/mol. The maximum absolute atomic E-state index is 10.4. The topological polar surface area (TPSA) is 81.1 Å². The van der Waals surface area contributed by atoms with Crippen molar-refractivity contribution in [3.63, 3.8) is 0 Å². The summed E-state index contributed by atoms with van der Waals surface area (Å²) in [5.41, 5.74) is 10.3. The Morgan fingerprint density at radius 2 is 2.36 bits per heavy atom. The van der Waals surface area contributed by atoms with E-state index in [0.29, 0.717) is 13.1 Å². The van der Waals surface area contributed by atoms with E-state index in [4.69, 9.17) is 17.9 Å². The lowest BCUT2D eigenvalue weighted by atomic mass is 10.2. The summed E-state index contributed by atoms with van der Waals surface area (Å²) in [7, 11) is 0. The maximum atomic E-state index is 10.4. The minimum atomic E-state index is -0.370. The van der Waals surface area contributed by atoms with E-state index in [1.54, 1.807) is 0 Å². The van der Waals surface area contributed by atoms with Crippen LogP contribution in [0.15, 0.2) is 0 Å². The number of hydrogen-bond donors (Lipinski definition) is 3. The minimum absolute atomic E-state index is 0.0939. The molecule has 0 aliphatic carbocycles. The number of nitrogens with two attached hydrogens (primary N) is 2. The van der Waals surface area contributed by atoms with Gasteiger partial charge in [-0.25, -0.2) is 0 Å². The first-order valence-electron chi connectivity index (χ1n) is 3.36. The van der Waals surface area contributed by atoms with Crippen molar-refractivity contribution in [1.82, 2.24) is 5.32 Å². The van der Waals surface area contributed by atoms with Gasteiger partial charge in [0.1, 0.15) is 0 Å². The number of carbonyl (C=O) groups is 1. The molecule has 0 aromatic rings. The van der Waals surface area contributed by atoms with Crippen LogP contribution in [0.2, 0.25) is 0 Å². The molecule has 0 saturated heterocycles. The van der Waals surface area contributed by atoms with Gasteiger partial charge in [-0.15, -0.1) is 6.42 Å². The number of carbonyl (C=O) groups excluding carboxylic acids is 1. The monoisotopic (exact) mass is 155 g/mol. The number of hydrogen-bond acceptors (Lipinski definition) is 3. The van der Waals surface area contributed by atoms with Gasteiger partial charge < -0.3 is 16.8 Å². The Morgan fingerprint density at radius 1 is 1.73 bits per heavy atom. The highest BCUT2D eigenvalue weighted by molar-refractivity contribution is 5.74. The Kier molecular flexibility index (Phi) is 5.17. The molecule has 4 nitrogen and oxygen atoms in total. The van der Waals surface area contributed by atoms with Crippen molar-refractivity contribution in [2.24, 2.45) is 11.5 Å². The maximum Gasteiger partial charge on any atom is 0.219 e. The van der Waals surface area contributed by atoms with Crippen LogP contribution in [-0.2, 0) is 4.79 Å². The van der Waals surface area contributed by atoms with Crippen LogP contribution >= 0.6 is 0 Å². The molecule has 1 unspecified atom stereocenters. The van der Waals surface area contributed by atoms with Crippen molar-refractivity contribution in [2.45, 2.75) is 12.5 Å². The first kappa shape index (κ1) is 9.95. The van der Waals surface area contributed by atoms with Gasteiger partial charge in [0.2, 0.25) is 5.91 Å². The van der Waals surface area contributed by atoms with Crippen LogP contribution in [0.4, 0.5) is 0 Å². The summed E-state index contributed by atoms with van der Waals surface area (Å²) in [6.45, 7) is 0.778. The van der Waals surface area contributed by atoms with E-state index in [-0.39, 0.29) is 18.4 Å². The van der Waals surface area contributed by atoms with Crippen LogP contribution in [0, 0.1) is 12.3 Å². The van der Waals surface area contributed by atoms with Crippen molar-refractivity contribution < 1.29 is 4.79 Å². The third-order valence-electron chi connectivity index (χ3n) is 1.22. The lowest BCUT2D eigenvalue weighted by Crippen LogP contribution is -2.39. The molecule has 0 saturated carbocycles. The van der Waals surface area contributed by atoms with E-state index < -0.39 is 0 Å². The van der Waals surface area contributed by atoms with Gasteiger partial charge in [-0.05, 0) is 0 Å². The summed E-state index contributed by atoms with van der Waals surface area (Å²) in [6, 6.07) is -0.0939. The lowest BCUT2D eigenvalue weighted by Gasteiger charge is -2.11. The zero-order chi connectivity index (χ0) is 8.69. The zero-order valence-corrected chi connectivity index (χ0v) is 6.34. The molecule has 62 valence electrons. The molecular formula is C7H13N3O. The number of terminal acetylenes is 1. The Bertz CT molecular complexity index is 162. The van der Waals surface area contributed by atoms with Gasteiger partial charge in [0.05, 0.1) is 6.54 Å². The van der Waals surface area contributed by atoms with Gasteiger partial charge in [0.25, 0.3) is 0 Å². The normalized spacial score (nSPS) is 12.0. The van der Waals surface area contributed by atoms with Crippen LogP contribution in [0.25, 0.3) is 0 Å². The summed E-state index contributed by atoms with van der Waals surface area (Å²) >= 11 is 0. The molecule has 0 aromatic heterocycles. The highest BCUT2D eigenvalue weighted by Gasteiger charge is 2.07. The lowest BCUT2D eigenvalue weighted by molar-refractivity contribution is -0.118. The SMILES string of the molecule is C#CCNC(CN)CC(N)=O. The van der Waals surface area contributed by atoms with Crippen molar-refractivity contribution >= 4 is 5.91 Å². The van der Waals surface area contributed by atoms with Crippen molar-refractivity contribution in [2.75, 3.05) is 13.1 Å². The number of rotatable bonds is 5. The molecular weight excluding hydrogens is 142 g/mol. The number of amides is 1. The third-order valence-corrected chi connectivity index (χ3v) is 1.22. The molecule has 0 aliphatic heterocycles. The van der Waals surface area contributed by atoms with E-state index in [9.17, 15) is 4.79 Å². The Hall–Kier alpha value is -1.05. The van der Waals surface area contributed by atoms with Crippen molar-refractivity contribution in [3.05, 3.63) is 0 Å². The summed E-state index contributed by atoms with van der Waals surface area (Å²) < 4.78 is 0. The standard InChI is InChI=1S/C7H13N3O/c1-2-3-10-6(5-8)4-7(9)11/h1,6,10H,3-5,8H2,(H2,9,11). The highest BCUT2D eigenvalue weighted by atomic mass is 16.1.